The predicted octanol–water partition coefficient (Wildman–Crippen LogP) is 3.38. The molecule has 2 aromatic heterocycles. The van der Waals surface area contributed by atoms with Gasteiger partial charge in [-0.15, -0.1) is 11.3 Å². The van der Waals surface area contributed by atoms with E-state index in [2.05, 4.69) is 30.4 Å². The van der Waals surface area contributed by atoms with Gasteiger partial charge in [-0.1, -0.05) is 6.42 Å². The number of anilines is 1. The van der Waals surface area contributed by atoms with Crippen LogP contribution in [0.1, 0.15) is 59.5 Å². The van der Waals surface area contributed by atoms with Crippen LogP contribution in [0, 0.1) is 25.6 Å². The van der Waals surface area contributed by atoms with E-state index in [1.54, 1.807) is 17.0 Å². The molecule has 1 aliphatic heterocycles. The number of aliphatic hydroxyl groups is 1. The summed E-state index contributed by atoms with van der Waals surface area (Å²) in [6, 6.07) is 3.26. The Labute approximate surface area is 275 Å². The SMILES string of the molecule is Cc1[nH]c(/C=C2\C(=O)Nc3ccc(F)cc32)c(C)c1CCC(=O)NC(Cc1cscn1)C(=O)NCCCCC(CO)COP(=O)(O)O. The summed E-state index contributed by atoms with van der Waals surface area (Å²) in [5, 5.41) is 19.6. The first-order valence-electron chi connectivity index (χ1n) is 15.1. The molecule has 47 heavy (non-hydrogen) atoms. The van der Waals surface area contributed by atoms with Gasteiger partial charge in [-0.05, 0) is 68.5 Å². The quantitative estimate of drug-likeness (QED) is 0.0629. The van der Waals surface area contributed by atoms with Crippen LogP contribution >= 0.6 is 19.2 Å². The van der Waals surface area contributed by atoms with Gasteiger partial charge in [0.15, 0.2) is 0 Å². The number of benzene rings is 1. The van der Waals surface area contributed by atoms with E-state index in [1.807, 2.05) is 13.8 Å². The molecule has 4 rings (SSSR count). The maximum absolute atomic E-state index is 13.9. The number of phosphoric ester groups is 1. The summed E-state index contributed by atoms with van der Waals surface area (Å²) in [5.41, 5.74) is 6.94. The minimum absolute atomic E-state index is 0.101. The second-order valence-electron chi connectivity index (χ2n) is 11.4. The van der Waals surface area contributed by atoms with Gasteiger partial charge in [0.1, 0.15) is 11.9 Å². The van der Waals surface area contributed by atoms with Crippen molar-refractivity contribution in [3.63, 3.8) is 0 Å². The zero-order valence-electron chi connectivity index (χ0n) is 26.0. The Balaban J connectivity index is 1.32. The molecule has 2 unspecified atom stereocenters. The van der Waals surface area contributed by atoms with E-state index in [4.69, 9.17) is 9.79 Å². The molecule has 7 N–H and O–H groups in total. The van der Waals surface area contributed by atoms with Gasteiger partial charge in [0, 0.05) is 59.9 Å². The Morgan fingerprint density at radius 3 is 2.72 bits per heavy atom. The monoisotopic (exact) mass is 691 g/mol. The van der Waals surface area contributed by atoms with Gasteiger partial charge in [-0.25, -0.2) is 13.9 Å². The summed E-state index contributed by atoms with van der Waals surface area (Å²) in [6.45, 7) is 3.49. The number of rotatable bonds is 17. The molecule has 0 saturated carbocycles. The normalized spacial score (nSPS) is 14.9. The number of halogens is 1. The first-order valence-corrected chi connectivity index (χ1v) is 17.6. The molecule has 2 atom stereocenters. The van der Waals surface area contributed by atoms with Crippen molar-refractivity contribution in [3.8, 4) is 0 Å². The van der Waals surface area contributed by atoms with Gasteiger partial charge >= 0.3 is 7.82 Å². The average Bonchev–Trinajstić information content (AvgIpc) is 3.70. The largest absolute Gasteiger partial charge is 0.469 e. The number of hydrogen-bond acceptors (Lipinski definition) is 8. The van der Waals surface area contributed by atoms with E-state index in [1.165, 1.54) is 29.5 Å². The molecule has 16 heteroatoms. The number of fused-ring (bicyclic) bond motifs is 1. The Hall–Kier alpha value is -3.72. The van der Waals surface area contributed by atoms with E-state index < -0.39 is 25.6 Å². The van der Waals surface area contributed by atoms with Crippen LogP contribution in [0.3, 0.4) is 0 Å². The molecule has 0 radical (unpaired) electrons. The number of phosphoric acid groups is 1. The van der Waals surface area contributed by atoms with Crippen molar-refractivity contribution >= 4 is 54.2 Å². The number of amides is 3. The smallest absolute Gasteiger partial charge is 0.396 e. The van der Waals surface area contributed by atoms with Crippen molar-refractivity contribution in [2.24, 2.45) is 5.92 Å². The third-order valence-electron chi connectivity index (χ3n) is 7.91. The number of nitrogens with zero attached hydrogens (tertiary/aromatic N) is 1. The van der Waals surface area contributed by atoms with Crippen molar-refractivity contribution in [1.82, 2.24) is 20.6 Å². The molecule has 3 heterocycles. The third-order valence-corrected chi connectivity index (χ3v) is 9.03. The summed E-state index contributed by atoms with van der Waals surface area (Å²) < 4.78 is 29.2. The molecule has 0 fully saturated rings. The Kier molecular flexibility index (Phi) is 12.6. The average molecular weight is 692 g/mol. The van der Waals surface area contributed by atoms with E-state index in [0.717, 1.165) is 16.8 Å². The number of aromatic amines is 1. The molecule has 1 aliphatic rings. The van der Waals surface area contributed by atoms with Crippen molar-refractivity contribution in [2.75, 3.05) is 25.1 Å². The number of thiazole rings is 1. The number of aliphatic hydroxyl groups excluding tert-OH is 1. The van der Waals surface area contributed by atoms with Crippen LogP contribution in [0.2, 0.25) is 0 Å². The molecule has 254 valence electrons. The zero-order chi connectivity index (χ0) is 34.1. The number of unbranched alkanes of at least 4 members (excludes halogenated alkanes) is 1. The second kappa shape index (κ2) is 16.4. The molecule has 0 aliphatic carbocycles. The van der Waals surface area contributed by atoms with Crippen molar-refractivity contribution in [3.05, 3.63) is 68.7 Å². The highest BCUT2D eigenvalue weighted by Gasteiger charge is 2.26. The number of carbonyl (C=O) groups excluding carboxylic acids is 3. The molecule has 0 bridgehead atoms. The molecular formula is C31H39FN5O8PS. The fourth-order valence-electron chi connectivity index (χ4n) is 5.37. The molecule has 3 amide bonds. The lowest BCUT2D eigenvalue weighted by atomic mass is 10.0. The lowest BCUT2D eigenvalue weighted by Crippen LogP contribution is -2.48. The van der Waals surface area contributed by atoms with Gasteiger partial charge in [0.2, 0.25) is 11.8 Å². The highest BCUT2D eigenvalue weighted by atomic mass is 32.1. The minimum atomic E-state index is -4.62. The minimum Gasteiger partial charge on any atom is -0.396 e. The second-order valence-corrected chi connectivity index (χ2v) is 13.4. The maximum atomic E-state index is 13.9. The zero-order valence-corrected chi connectivity index (χ0v) is 27.8. The number of aryl methyl sites for hydroxylation is 1. The fraction of sp³-hybridized carbons (Fsp3) is 0.419. The van der Waals surface area contributed by atoms with E-state index in [9.17, 15) is 28.4 Å². The summed E-state index contributed by atoms with van der Waals surface area (Å²) in [4.78, 5) is 64.0. The van der Waals surface area contributed by atoms with Crippen LogP contribution in [-0.2, 0) is 36.3 Å². The van der Waals surface area contributed by atoms with Crippen LogP contribution < -0.4 is 16.0 Å². The first-order chi connectivity index (χ1) is 22.3. The van der Waals surface area contributed by atoms with Crippen LogP contribution in [0.5, 0.6) is 0 Å². The summed E-state index contributed by atoms with van der Waals surface area (Å²) in [5.74, 6) is -1.91. The number of H-pyrrole nitrogens is 1. The lowest BCUT2D eigenvalue weighted by molar-refractivity contribution is -0.129. The highest BCUT2D eigenvalue weighted by molar-refractivity contribution is 7.46. The standard InChI is InChI=1S/C31H39FN5O8PS/c1-18-23(19(2)35-27(18)13-25-24-11-21(32)6-8-26(24)37-30(25)40)7-9-29(39)36-28(12-22-16-47-17-34-22)31(41)33-10-4-3-5-20(14-38)15-45-46(42,43)44/h6,8,11,13,16-17,20,28,35,38H,3-5,7,9-10,12,14-15H2,1-2H3,(H,33,41)(H,36,39)(H,37,40)(H2,42,43,44)/b25-13-. The van der Waals surface area contributed by atoms with Crippen molar-refractivity contribution < 1.29 is 42.8 Å². The van der Waals surface area contributed by atoms with Gasteiger partial charge in [0.05, 0.1) is 23.4 Å². The van der Waals surface area contributed by atoms with Gasteiger partial charge in [-0.2, -0.15) is 0 Å². The summed E-state index contributed by atoms with van der Waals surface area (Å²) in [7, 11) is -4.62. The van der Waals surface area contributed by atoms with Crippen LogP contribution in [-0.4, -0.2) is 68.4 Å². The van der Waals surface area contributed by atoms with Gasteiger partial charge in [0.25, 0.3) is 5.91 Å². The molecular weight excluding hydrogens is 652 g/mol. The van der Waals surface area contributed by atoms with E-state index in [0.29, 0.717) is 60.4 Å². The maximum Gasteiger partial charge on any atom is 0.469 e. The van der Waals surface area contributed by atoms with E-state index >= 15 is 0 Å². The van der Waals surface area contributed by atoms with Crippen LogP contribution in [0.4, 0.5) is 10.1 Å². The molecule has 13 nitrogen and oxygen atoms in total. The molecule has 0 spiro atoms. The summed E-state index contributed by atoms with van der Waals surface area (Å²) in [6.07, 6.45) is 3.93. The number of aromatic nitrogens is 2. The van der Waals surface area contributed by atoms with E-state index in [-0.39, 0.29) is 43.8 Å². The number of carbonyl (C=O) groups is 3. The Morgan fingerprint density at radius 2 is 2.02 bits per heavy atom. The highest BCUT2D eigenvalue weighted by Crippen LogP contribution is 2.37. The Morgan fingerprint density at radius 1 is 1.23 bits per heavy atom. The summed E-state index contributed by atoms with van der Waals surface area (Å²) >= 11 is 1.38. The fourth-order valence-corrected chi connectivity index (χ4v) is 6.34. The first kappa shape index (κ1) is 36.1. The van der Waals surface area contributed by atoms with Crippen molar-refractivity contribution in [1.29, 1.82) is 0 Å². The van der Waals surface area contributed by atoms with Crippen LogP contribution in [0.15, 0.2) is 29.1 Å². The number of hydrogen-bond donors (Lipinski definition) is 7. The van der Waals surface area contributed by atoms with Gasteiger partial charge < -0.3 is 35.8 Å². The Bertz CT molecular complexity index is 1660. The molecule has 0 saturated heterocycles. The molecule has 1 aromatic carbocycles. The van der Waals surface area contributed by atoms with Gasteiger partial charge in [-0.3, -0.25) is 18.9 Å². The lowest BCUT2D eigenvalue weighted by Gasteiger charge is -2.18. The third kappa shape index (κ3) is 10.4. The van der Waals surface area contributed by atoms with Crippen molar-refractivity contribution in [2.45, 2.75) is 58.4 Å². The van der Waals surface area contributed by atoms with Crippen LogP contribution in [0.25, 0.3) is 11.6 Å². The number of nitrogens with one attached hydrogen (secondary N) is 4. The topological polar surface area (TPSA) is 203 Å². The predicted molar refractivity (Wildman–Crippen MR) is 175 cm³/mol. The molecule has 3 aromatic rings.